The number of sulfonamides is 1. The zero-order chi connectivity index (χ0) is 21.8. The first-order valence-electron chi connectivity index (χ1n) is 9.32. The molecular weight excluding hydrogens is 432 g/mol. The van der Waals surface area contributed by atoms with Crippen LogP contribution < -0.4 is 10.0 Å². The molecule has 1 heterocycles. The van der Waals surface area contributed by atoms with Gasteiger partial charge in [0.15, 0.2) is 0 Å². The fraction of sp³-hybridized carbons (Fsp3) is 0.0455. The molecule has 156 valence electrons. The molecule has 7 nitrogen and oxygen atoms in total. The maximum absolute atomic E-state index is 12.9. The first kappa shape index (κ1) is 20.7. The van der Waals surface area contributed by atoms with Gasteiger partial charge in [-0.15, -0.1) is 10.2 Å². The Morgan fingerprint density at radius 1 is 0.871 bits per heavy atom. The monoisotopic (exact) mass is 450 g/mol. The summed E-state index contributed by atoms with van der Waals surface area (Å²) in [6.07, 6.45) is 0. The van der Waals surface area contributed by atoms with Crippen LogP contribution in [0.5, 0.6) is 0 Å². The second kappa shape index (κ2) is 8.66. The lowest BCUT2D eigenvalue weighted by Crippen LogP contribution is -2.13. The molecule has 4 rings (SSSR count). The highest BCUT2D eigenvalue weighted by atomic mass is 32.2. The van der Waals surface area contributed by atoms with E-state index in [4.69, 9.17) is 0 Å². The fourth-order valence-corrected chi connectivity index (χ4v) is 4.97. The number of hydrogen-bond donors (Lipinski definition) is 2. The molecule has 0 bridgehead atoms. The van der Waals surface area contributed by atoms with Crippen molar-refractivity contribution in [3.8, 4) is 11.1 Å². The first-order chi connectivity index (χ1) is 14.9. The number of benzene rings is 3. The molecule has 0 fully saturated rings. The van der Waals surface area contributed by atoms with E-state index < -0.39 is 10.0 Å². The van der Waals surface area contributed by atoms with Gasteiger partial charge in [-0.2, -0.15) is 8.42 Å². The summed E-state index contributed by atoms with van der Waals surface area (Å²) < 4.78 is 28.1. The summed E-state index contributed by atoms with van der Waals surface area (Å²) in [6.45, 7) is 1.82. The lowest BCUT2D eigenvalue weighted by atomic mass is 10.0. The van der Waals surface area contributed by atoms with Crippen molar-refractivity contribution in [2.75, 3.05) is 10.0 Å². The van der Waals surface area contributed by atoms with Gasteiger partial charge in [0, 0.05) is 11.1 Å². The lowest BCUT2D eigenvalue weighted by molar-refractivity contribution is 0.102. The zero-order valence-corrected chi connectivity index (χ0v) is 18.1. The molecule has 0 aliphatic rings. The normalized spacial score (nSPS) is 11.1. The van der Waals surface area contributed by atoms with Crippen molar-refractivity contribution in [2.45, 2.75) is 11.3 Å². The Morgan fingerprint density at radius 2 is 1.55 bits per heavy atom. The summed E-state index contributed by atoms with van der Waals surface area (Å²) in [5, 5.41) is 10.3. The van der Waals surface area contributed by atoms with Gasteiger partial charge >= 0.3 is 0 Å². The zero-order valence-electron chi connectivity index (χ0n) is 16.4. The third-order valence-electron chi connectivity index (χ3n) is 4.50. The van der Waals surface area contributed by atoms with Gasteiger partial charge in [0.2, 0.25) is 5.13 Å². The van der Waals surface area contributed by atoms with E-state index in [1.54, 1.807) is 24.3 Å². The van der Waals surface area contributed by atoms with Crippen LogP contribution in [0.2, 0.25) is 0 Å². The van der Waals surface area contributed by atoms with Crippen molar-refractivity contribution in [2.24, 2.45) is 0 Å². The molecule has 0 unspecified atom stereocenters. The molecule has 0 radical (unpaired) electrons. The van der Waals surface area contributed by atoms with Crippen molar-refractivity contribution in [1.82, 2.24) is 10.2 Å². The quantitative estimate of drug-likeness (QED) is 0.419. The number of aryl methyl sites for hydroxylation is 1. The summed E-state index contributed by atoms with van der Waals surface area (Å²) in [6, 6.07) is 23.7. The molecule has 0 aliphatic heterocycles. The smallest absolute Gasteiger partial charge is 0.291 e. The van der Waals surface area contributed by atoms with Gasteiger partial charge in [0.05, 0.1) is 5.69 Å². The number of rotatable bonds is 6. The highest BCUT2D eigenvalue weighted by Gasteiger charge is 2.23. The van der Waals surface area contributed by atoms with Crippen LogP contribution in [0.1, 0.15) is 15.9 Å². The molecular formula is C22H18N4O3S2. The van der Waals surface area contributed by atoms with Crippen LogP contribution in [0.25, 0.3) is 11.1 Å². The molecule has 31 heavy (non-hydrogen) atoms. The number of nitrogens with one attached hydrogen (secondary N) is 2. The van der Waals surface area contributed by atoms with E-state index in [2.05, 4.69) is 20.2 Å². The summed E-state index contributed by atoms with van der Waals surface area (Å²) in [4.78, 5) is 12.4. The Labute approximate surface area is 183 Å². The number of hydrogen-bond acceptors (Lipinski definition) is 6. The SMILES string of the molecule is Cc1ccccc1C(=O)Nc1nnc(S(=O)(=O)Nc2ccccc2-c2ccccc2)s1. The van der Waals surface area contributed by atoms with Gasteiger partial charge in [-0.05, 0) is 30.2 Å². The van der Waals surface area contributed by atoms with Crippen molar-refractivity contribution >= 4 is 38.1 Å². The molecule has 9 heteroatoms. The molecule has 0 atom stereocenters. The minimum Gasteiger partial charge on any atom is -0.296 e. The number of para-hydroxylation sites is 1. The highest BCUT2D eigenvalue weighted by molar-refractivity contribution is 7.94. The largest absolute Gasteiger partial charge is 0.296 e. The summed E-state index contributed by atoms with van der Waals surface area (Å²) >= 11 is 0.785. The van der Waals surface area contributed by atoms with E-state index >= 15 is 0 Å². The van der Waals surface area contributed by atoms with E-state index in [0.29, 0.717) is 11.3 Å². The Bertz CT molecular complexity index is 1340. The van der Waals surface area contributed by atoms with Crippen molar-refractivity contribution in [3.05, 3.63) is 90.0 Å². The maximum atomic E-state index is 12.9. The minimum atomic E-state index is -3.99. The predicted octanol–water partition coefficient (Wildman–Crippen LogP) is 4.57. The lowest BCUT2D eigenvalue weighted by Gasteiger charge is -2.11. The van der Waals surface area contributed by atoms with Gasteiger partial charge in [0.1, 0.15) is 0 Å². The third kappa shape index (κ3) is 4.62. The van der Waals surface area contributed by atoms with Gasteiger partial charge in [-0.25, -0.2) is 0 Å². The minimum absolute atomic E-state index is 0.102. The predicted molar refractivity (Wildman–Crippen MR) is 122 cm³/mol. The van der Waals surface area contributed by atoms with Crippen molar-refractivity contribution < 1.29 is 13.2 Å². The van der Waals surface area contributed by atoms with Gasteiger partial charge in [-0.1, -0.05) is 78.1 Å². The molecule has 2 N–H and O–H groups in total. The molecule has 0 aliphatic carbocycles. The van der Waals surface area contributed by atoms with Crippen LogP contribution in [0.15, 0.2) is 83.2 Å². The van der Waals surface area contributed by atoms with Crippen molar-refractivity contribution in [1.29, 1.82) is 0 Å². The van der Waals surface area contributed by atoms with Crippen LogP contribution in [-0.2, 0) is 10.0 Å². The standard InChI is InChI=1S/C22H18N4O3S2/c1-15-9-5-6-12-17(15)20(27)23-21-24-25-22(30-21)31(28,29)26-19-14-8-7-13-18(19)16-10-3-2-4-11-16/h2-14,26H,1H3,(H,23,24,27). The third-order valence-corrected chi connectivity index (χ3v) is 7.07. The molecule has 1 amide bonds. The Morgan fingerprint density at radius 3 is 2.32 bits per heavy atom. The number of carbonyl (C=O) groups excluding carboxylic acids is 1. The molecule has 0 spiro atoms. The number of amides is 1. The first-order valence-corrected chi connectivity index (χ1v) is 11.6. The highest BCUT2D eigenvalue weighted by Crippen LogP contribution is 2.30. The maximum Gasteiger partial charge on any atom is 0.291 e. The number of nitrogens with zero attached hydrogens (tertiary/aromatic N) is 2. The Hall–Kier alpha value is -3.56. The van der Waals surface area contributed by atoms with E-state index in [-0.39, 0.29) is 15.4 Å². The molecule has 0 saturated carbocycles. The van der Waals surface area contributed by atoms with Gasteiger partial charge in [0.25, 0.3) is 20.3 Å². The van der Waals surface area contributed by atoms with Crippen molar-refractivity contribution in [3.63, 3.8) is 0 Å². The van der Waals surface area contributed by atoms with Crippen LogP contribution in [0.4, 0.5) is 10.8 Å². The number of anilines is 2. The molecule has 3 aromatic carbocycles. The number of carbonyl (C=O) groups is 1. The topological polar surface area (TPSA) is 101 Å². The van der Waals surface area contributed by atoms with Crippen LogP contribution >= 0.6 is 11.3 Å². The summed E-state index contributed by atoms with van der Waals surface area (Å²) in [7, 11) is -3.99. The number of aromatic nitrogens is 2. The molecule has 1 aromatic heterocycles. The molecule has 0 saturated heterocycles. The summed E-state index contributed by atoms with van der Waals surface area (Å²) in [5.74, 6) is -0.374. The van der Waals surface area contributed by atoms with Crippen LogP contribution in [-0.4, -0.2) is 24.5 Å². The van der Waals surface area contributed by atoms with Gasteiger partial charge in [-0.3, -0.25) is 14.8 Å². The average molecular weight is 451 g/mol. The Kier molecular flexibility index (Phi) is 5.79. The van der Waals surface area contributed by atoms with E-state index in [0.717, 1.165) is 28.0 Å². The molecule has 4 aromatic rings. The second-order valence-electron chi connectivity index (χ2n) is 6.66. The van der Waals surface area contributed by atoms with E-state index in [9.17, 15) is 13.2 Å². The fourth-order valence-electron chi connectivity index (χ4n) is 2.99. The Balaban J connectivity index is 1.56. The van der Waals surface area contributed by atoms with Gasteiger partial charge < -0.3 is 0 Å². The summed E-state index contributed by atoms with van der Waals surface area (Å²) in [5.41, 5.74) is 3.33. The average Bonchev–Trinajstić information content (AvgIpc) is 3.24. The van der Waals surface area contributed by atoms with E-state index in [1.165, 1.54) is 0 Å². The second-order valence-corrected chi connectivity index (χ2v) is 9.49. The van der Waals surface area contributed by atoms with Crippen LogP contribution in [0, 0.1) is 6.92 Å². The van der Waals surface area contributed by atoms with E-state index in [1.807, 2.05) is 61.5 Å². The van der Waals surface area contributed by atoms with Crippen LogP contribution in [0.3, 0.4) is 0 Å².